The first-order chi connectivity index (χ1) is 10.7. The summed E-state index contributed by atoms with van der Waals surface area (Å²) in [5.41, 5.74) is 1.79. The summed E-state index contributed by atoms with van der Waals surface area (Å²) in [4.78, 5) is 2.17. The Kier molecular flexibility index (Phi) is 4.82. The summed E-state index contributed by atoms with van der Waals surface area (Å²) >= 11 is 0. The fourth-order valence-corrected chi connectivity index (χ4v) is 2.57. The molecule has 22 heavy (non-hydrogen) atoms. The van der Waals surface area contributed by atoms with Crippen molar-refractivity contribution >= 4 is 0 Å². The van der Waals surface area contributed by atoms with Crippen molar-refractivity contribution < 1.29 is 13.9 Å². The second-order valence-electron chi connectivity index (χ2n) is 5.54. The van der Waals surface area contributed by atoms with Crippen LogP contribution in [0.4, 0.5) is 4.39 Å². The van der Waals surface area contributed by atoms with Crippen LogP contribution in [-0.4, -0.2) is 54.2 Å². The van der Waals surface area contributed by atoms with Gasteiger partial charge in [-0.3, -0.25) is 4.90 Å². The lowest BCUT2D eigenvalue weighted by Gasteiger charge is -2.27. The second kappa shape index (κ2) is 7.00. The fraction of sp³-hybridized carbons (Fsp3) is 0.438. The lowest BCUT2D eigenvalue weighted by molar-refractivity contribution is -0.0962. The zero-order chi connectivity index (χ0) is 15.4. The number of likely N-dealkylation sites (N-methyl/N-ethyl adjacent to an activating group) is 1. The molecule has 1 aromatic carbocycles. The van der Waals surface area contributed by atoms with Gasteiger partial charge in [0.2, 0.25) is 0 Å². The Morgan fingerprint density at radius 3 is 3.09 bits per heavy atom. The predicted octanol–water partition coefficient (Wildman–Crippen LogP) is 1.86. The number of hydrogen-bond acceptors (Lipinski definition) is 4. The Bertz CT molecular complexity index is 611. The van der Waals surface area contributed by atoms with Crippen molar-refractivity contribution in [1.29, 1.82) is 0 Å². The molecule has 0 unspecified atom stereocenters. The van der Waals surface area contributed by atoms with Gasteiger partial charge in [-0.2, -0.15) is 5.10 Å². The largest absolute Gasteiger partial charge is 0.376 e. The van der Waals surface area contributed by atoms with E-state index in [0.29, 0.717) is 19.8 Å². The van der Waals surface area contributed by atoms with E-state index < -0.39 is 0 Å². The average molecular weight is 305 g/mol. The first-order valence-corrected chi connectivity index (χ1v) is 7.38. The number of ether oxygens (including phenoxy) is 2. The third-order valence-electron chi connectivity index (χ3n) is 3.56. The molecule has 3 rings (SSSR count). The third-order valence-corrected chi connectivity index (χ3v) is 3.56. The normalized spacial score (nSPS) is 18.8. The molecule has 0 radical (unpaired) electrons. The molecule has 5 nitrogen and oxygen atoms in total. The highest BCUT2D eigenvalue weighted by Gasteiger charge is 2.16. The minimum atomic E-state index is -0.263. The zero-order valence-corrected chi connectivity index (χ0v) is 12.6. The summed E-state index contributed by atoms with van der Waals surface area (Å²) in [6, 6.07) is 6.40. The molecule has 0 amide bonds. The van der Waals surface area contributed by atoms with Gasteiger partial charge >= 0.3 is 0 Å². The quantitative estimate of drug-likeness (QED) is 0.845. The van der Waals surface area contributed by atoms with Crippen LogP contribution in [0.3, 0.4) is 0 Å². The van der Waals surface area contributed by atoms with Crippen molar-refractivity contribution in [2.24, 2.45) is 0 Å². The lowest BCUT2D eigenvalue weighted by Crippen LogP contribution is -2.38. The molecule has 0 aliphatic carbocycles. The van der Waals surface area contributed by atoms with Crippen LogP contribution in [-0.2, 0) is 16.0 Å². The summed E-state index contributed by atoms with van der Waals surface area (Å²) in [5, 5.41) is 4.29. The van der Waals surface area contributed by atoms with Crippen LogP contribution in [0, 0.1) is 5.82 Å². The van der Waals surface area contributed by atoms with Gasteiger partial charge in [-0.15, -0.1) is 0 Å². The number of benzene rings is 1. The predicted molar refractivity (Wildman–Crippen MR) is 80.4 cm³/mol. The van der Waals surface area contributed by atoms with Gasteiger partial charge in [0.15, 0.2) is 0 Å². The van der Waals surface area contributed by atoms with E-state index in [2.05, 4.69) is 10.00 Å². The monoisotopic (exact) mass is 305 g/mol. The van der Waals surface area contributed by atoms with Crippen LogP contribution < -0.4 is 0 Å². The third kappa shape index (κ3) is 3.91. The van der Waals surface area contributed by atoms with Crippen LogP contribution >= 0.6 is 0 Å². The number of halogens is 1. The van der Waals surface area contributed by atoms with E-state index in [-0.39, 0.29) is 11.9 Å². The maximum absolute atomic E-state index is 13.3. The molecule has 1 saturated heterocycles. The lowest BCUT2D eigenvalue weighted by atomic mass is 10.3. The van der Waals surface area contributed by atoms with E-state index in [1.54, 1.807) is 16.9 Å². The topological polar surface area (TPSA) is 39.5 Å². The summed E-state index contributed by atoms with van der Waals surface area (Å²) in [7, 11) is 2.04. The molecule has 0 saturated carbocycles. The van der Waals surface area contributed by atoms with E-state index in [0.717, 1.165) is 24.3 Å². The van der Waals surface area contributed by atoms with Crippen LogP contribution in [0.2, 0.25) is 0 Å². The van der Waals surface area contributed by atoms with Gasteiger partial charge in [0.1, 0.15) is 5.82 Å². The smallest absolute Gasteiger partial charge is 0.125 e. The minimum absolute atomic E-state index is 0.122. The van der Waals surface area contributed by atoms with Crippen LogP contribution in [0.1, 0.15) is 5.56 Å². The van der Waals surface area contributed by atoms with Gasteiger partial charge < -0.3 is 9.47 Å². The van der Waals surface area contributed by atoms with E-state index in [1.807, 2.05) is 19.3 Å². The maximum atomic E-state index is 13.3. The second-order valence-corrected chi connectivity index (χ2v) is 5.54. The van der Waals surface area contributed by atoms with E-state index in [9.17, 15) is 4.39 Å². The van der Waals surface area contributed by atoms with Crippen LogP contribution in [0.5, 0.6) is 0 Å². The molecular formula is C16H20FN3O2. The number of rotatable bonds is 5. The average Bonchev–Trinajstić information content (AvgIpc) is 2.96. The van der Waals surface area contributed by atoms with Crippen LogP contribution in [0.15, 0.2) is 36.7 Å². The summed E-state index contributed by atoms with van der Waals surface area (Å²) in [6.45, 7) is 3.56. The summed E-state index contributed by atoms with van der Waals surface area (Å²) < 4.78 is 26.0. The molecule has 1 aliphatic rings. The van der Waals surface area contributed by atoms with Crippen molar-refractivity contribution in [3.63, 3.8) is 0 Å². The summed E-state index contributed by atoms with van der Waals surface area (Å²) in [6.07, 6.45) is 3.85. The maximum Gasteiger partial charge on any atom is 0.125 e. The standard InChI is InChI=1S/C16H20FN3O2/c1-19(11-16-12-21-5-6-22-16)9-13-8-18-20(10-13)15-4-2-3-14(17)7-15/h2-4,7-8,10,16H,5-6,9,11-12H2,1H3/t16-/m1/s1. The Hall–Kier alpha value is -1.76. The van der Waals surface area contributed by atoms with Crippen molar-refractivity contribution in [3.8, 4) is 5.69 Å². The Balaban J connectivity index is 1.59. The van der Waals surface area contributed by atoms with Gasteiger partial charge in [-0.05, 0) is 25.2 Å². The van der Waals surface area contributed by atoms with E-state index >= 15 is 0 Å². The molecule has 1 aliphatic heterocycles. The van der Waals surface area contributed by atoms with Gasteiger partial charge in [-0.1, -0.05) is 6.07 Å². The number of nitrogens with zero attached hydrogens (tertiary/aromatic N) is 3. The SMILES string of the molecule is CN(Cc1cnn(-c2cccc(F)c2)c1)C[C@@H]1COCCO1. The fourth-order valence-electron chi connectivity index (χ4n) is 2.57. The number of aromatic nitrogens is 2. The van der Waals surface area contributed by atoms with Crippen LogP contribution in [0.25, 0.3) is 5.69 Å². The summed E-state index contributed by atoms with van der Waals surface area (Å²) in [5.74, 6) is -0.263. The Morgan fingerprint density at radius 2 is 2.32 bits per heavy atom. The molecule has 0 spiro atoms. The molecule has 6 heteroatoms. The highest BCUT2D eigenvalue weighted by Crippen LogP contribution is 2.12. The van der Waals surface area contributed by atoms with E-state index in [1.165, 1.54) is 12.1 Å². The number of hydrogen-bond donors (Lipinski definition) is 0. The van der Waals surface area contributed by atoms with Gasteiger partial charge in [-0.25, -0.2) is 9.07 Å². The van der Waals surface area contributed by atoms with Crippen molar-refractivity contribution in [1.82, 2.24) is 14.7 Å². The zero-order valence-electron chi connectivity index (χ0n) is 12.6. The highest BCUT2D eigenvalue weighted by atomic mass is 19.1. The highest BCUT2D eigenvalue weighted by molar-refractivity contribution is 5.31. The minimum Gasteiger partial charge on any atom is -0.376 e. The van der Waals surface area contributed by atoms with E-state index in [4.69, 9.17) is 9.47 Å². The molecule has 0 N–H and O–H groups in total. The molecule has 1 fully saturated rings. The Morgan fingerprint density at radius 1 is 1.41 bits per heavy atom. The van der Waals surface area contributed by atoms with Gasteiger partial charge in [0, 0.05) is 24.8 Å². The molecule has 2 aromatic rings. The van der Waals surface area contributed by atoms with Gasteiger partial charge in [0.25, 0.3) is 0 Å². The molecule has 1 aromatic heterocycles. The van der Waals surface area contributed by atoms with Crippen molar-refractivity contribution in [2.45, 2.75) is 12.6 Å². The first-order valence-electron chi connectivity index (χ1n) is 7.38. The molecular weight excluding hydrogens is 285 g/mol. The molecule has 118 valence electrons. The first kappa shape index (κ1) is 15.1. The molecule has 1 atom stereocenters. The molecule has 2 heterocycles. The molecule has 0 bridgehead atoms. The van der Waals surface area contributed by atoms with Gasteiger partial charge in [0.05, 0.1) is 37.8 Å². The Labute approximate surface area is 129 Å². The van der Waals surface area contributed by atoms with Crippen molar-refractivity contribution in [3.05, 3.63) is 48.0 Å². The van der Waals surface area contributed by atoms with Crippen molar-refractivity contribution in [2.75, 3.05) is 33.4 Å².